The van der Waals surface area contributed by atoms with E-state index in [-0.39, 0.29) is 5.41 Å². The molecule has 0 aliphatic heterocycles. The summed E-state index contributed by atoms with van der Waals surface area (Å²) in [5.74, 6) is 0. The van der Waals surface area contributed by atoms with Gasteiger partial charge >= 0.3 is 0 Å². The lowest BCUT2D eigenvalue weighted by Crippen LogP contribution is -2.14. The van der Waals surface area contributed by atoms with Crippen molar-refractivity contribution in [2.24, 2.45) is 0 Å². The molecule has 5 aromatic carbocycles. The molecule has 0 unspecified atom stereocenters. The monoisotopic (exact) mass is 451 g/mol. The van der Waals surface area contributed by atoms with Crippen molar-refractivity contribution in [2.75, 3.05) is 5.32 Å². The summed E-state index contributed by atoms with van der Waals surface area (Å²) in [5, 5.41) is 6.06. The highest BCUT2D eigenvalue weighted by Crippen LogP contribution is 2.52. The number of nitrogens with one attached hydrogen (secondary N) is 1. The van der Waals surface area contributed by atoms with E-state index >= 15 is 0 Å². The summed E-state index contributed by atoms with van der Waals surface area (Å²) in [4.78, 5) is 0. The largest absolute Gasteiger partial charge is 0.455 e. The fraction of sp³-hybridized carbons (Fsp3) is 0.0909. The zero-order valence-electron chi connectivity index (χ0n) is 19.8. The summed E-state index contributed by atoms with van der Waals surface area (Å²) >= 11 is 0. The van der Waals surface area contributed by atoms with Crippen molar-refractivity contribution in [3.05, 3.63) is 120 Å². The minimum absolute atomic E-state index is 0.0293. The van der Waals surface area contributed by atoms with Gasteiger partial charge in [-0.25, -0.2) is 0 Å². The van der Waals surface area contributed by atoms with E-state index in [9.17, 15) is 0 Å². The average molecular weight is 452 g/mol. The number of fused-ring (bicyclic) bond motifs is 6. The Labute approximate surface area is 204 Å². The normalized spacial score (nSPS) is 13.7. The maximum Gasteiger partial charge on any atom is 0.145 e. The Balaban J connectivity index is 1.46. The molecule has 0 saturated heterocycles. The van der Waals surface area contributed by atoms with Gasteiger partial charge in [0, 0.05) is 27.6 Å². The third-order valence-corrected chi connectivity index (χ3v) is 7.49. The lowest BCUT2D eigenvalue weighted by molar-refractivity contribution is 0.660. The van der Waals surface area contributed by atoms with Crippen LogP contribution in [0.4, 0.5) is 11.4 Å². The SMILES string of the molecule is CC1(C)c2ccccc2-c2c(Nc3ccc(-c4ccccc4)c4oc5ccccc5c34)cccc21. The Morgan fingerprint density at radius 3 is 2.23 bits per heavy atom. The van der Waals surface area contributed by atoms with Gasteiger partial charge in [-0.15, -0.1) is 0 Å². The molecule has 1 aliphatic carbocycles. The first kappa shape index (κ1) is 20.1. The second kappa shape index (κ2) is 7.35. The second-order valence-corrected chi connectivity index (χ2v) is 9.85. The summed E-state index contributed by atoms with van der Waals surface area (Å²) in [6.07, 6.45) is 0. The topological polar surface area (TPSA) is 25.2 Å². The summed E-state index contributed by atoms with van der Waals surface area (Å²) < 4.78 is 6.46. The fourth-order valence-electron chi connectivity index (χ4n) is 5.78. The predicted octanol–water partition coefficient (Wildman–Crippen LogP) is 9.30. The maximum atomic E-state index is 6.46. The van der Waals surface area contributed by atoms with Gasteiger partial charge in [-0.05, 0) is 46.5 Å². The molecule has 6 aromatic rings. The summed E-state index contributed by atoms with van der Waals surface area (Å²) in [7, 11) is 0. The summed E-state index contributed by atoms with van der Waals surface area (Å²) in [5.41, 5.74) is 11.6. The van der Waals surface area contributed by atoms with Gasteiger partial charge in [0.25, 0.3) is 0 Å². The van der Waals surface area contributed by atoms with E-state index in [1.165, 1.54) is 22.3 Å². The molecule has 0 fully saturated rings. The minimum atomic E-state index is -0.0293. The van der Waals surface area contributed by atoms with Crippen molar-refractivity contribution >= 4 is 33.3 Å². The van der Waals surface area contributed by atoms with Gasteiger partial charge in [-0.3, -0.25) is 0 Å². The standard InChI is InChI=1S/C33H25NO/c1-33(2)25-15-8-6-13-23(25)30-26(33)16-10-17-27(30)34-28-20-19-22(21-11-4-3-5-12-21)32-31(28)24-14-7-9-18-29(24)35-32/h3-20,34H,1-2H3. The molecule has 1 aliphatic rings. The lowest BCUT2D eigenvalue weighted by Gasteiger charge is -2.21. The Hall–Kier alpha value is -4.30. The van der Waals surface area contributed by atoms with E-state index in [2.05, 4.69) is 110 Å². The molecule has 0 saturated carbocycles. The number of benzene rings is 5. The van der Waals surface area contributed by atoms with Crippen LogP contribution in [0.5, 0.6) is 0 Å². The van der Waals surface area contributed by atoms with Gasteiger partial charge in [0.1, 0.15) is 11.2 Å². The molecule has 7 rings (SSSR count). The van der Waals surface area contributed by atoms with Crippen LogP contribution in [0.1, 0.15) is 25.0 Å². The van der Waals surface area contributed by atoms with Crippen LogP contribution in [0.25, 0.3) is 44.2 Å². The highest BCUT2D eigenvalue weighted by molar-refractivity contribution is 6.16. The van der Waals surface area contributed by atoms with E-state index in [1.54, 1.807) is 0 Å². The smallest absolute Gasteiger partial charge is 0.145 e. The van der Waals surface area contributed by atoms with Crippen molar-refractivity contribution in [1.29, 1.82) is 0 Å². The van der Waals surface area contributed by atoms with E-state index in [0.717, 1.165) is 44.4 Å². The van der Waals surface area contributed by atoms with Crippen LogP contribution < -0.4 is 5.32 Å². The van der Waals surface area contributed by atoms with Gasteiger partial charge in [0.05, 0.1) is 11.1 Å². The fourth-order valence-corrected chi connectivity index (χ4v) is 5.78. The molecule has 0 atom stereocenters. The number of hydrogen-bond donors (Lipinski definition) is 1. The quantitative estimate of drug-likeness (QED) is 0.290. The average Bonchev–Trinajstić information content (AvgIpc) is 3.39. The van der Waals surface area contributed by atoms with Crippen LogP contribution in [-0.4, -0.2) is 0 Å². The van der Waals surface area contributed by atoms with Crippen LogP contribution >= 0.6 is 0 Å². The number of anilines is 2. The minimum Gasteiger partial charge on any atom is -0.455 e. The van der Waals surface area contributed by atoms with Crippen LogP contribution in [0.2, 0.25) is 0 Å². The van der Waals surface area contributed by atoms with Crippen LogP contribution in [0.15, 0.2) is 114 Å². The summed E-state index contributed by atoms with van der Waals surface area (Å²) in [6, 6.07) is 38.5. The molecule has 2 heteroatoms. The molecule has 0 spiro atoms. The highest BCUT2D eigenvalue weighted by Gasteiger charge is 2.36. The maximum absolute atomic E-state index is 6.46. The molecule has 1 N–H and O–H groups in total. The van der Waals surface area contributed by atoms with Crippen molar-refractivity contribution in [3.8, 4) is 22.3 Å². The first-order valence-corrected chi connectivity index (χ1v) is 12.1. The van der Waals surface area contributed by atoms with E-state index in [1.807, 2.05) is 18.2 Å². The van der Waals surface area contributed by atoms with Crippen molar-refractivity contribution in [2.45, 2.75) is 19.3 Å². The third-order valence-electron chi connectivity index (χ3n) is 7.49. The number of hydrogen-bond acceptors (Lipinski definition) is 2. The Bertz CT molecular complexity index is 1740. The molecular weight excluding hydrogens is 426 g/mol. The molecule has 2 nitrogen and oxygen atoms in total. The Kier molecular flexibility index (Phi) is 4.22. The third kappa shape index (κ3) is 2.90. The predicted molar refractivity (Wildman–Crippen MR) is 146 cm³/mol. The first-order chi connectivity index (χ1) is 17.1. The highest BCUT2D eigenvalue weighted by atomic mass is 16.3. The summed E-state index contributed by atoms with van der Waals surface area (Å²) in [6.45, 7) is 4.63. The van der Waals surface area contributed by atoms with Crippen LogP contribution in [0.3, 0.4) is 0 Å². The van der Waals surface area contributed by atoms with Crippen molar-refractivity contribution in [1.82, 2.24) is 0 Å². The molecule has 1 heterocycles. The number of rotatable bonds is 3. The van der Waals surface area contributed by atoms with Crippen LogP contribution in [0, 0.1) is 0 Å². The van der Waals surface area contributed by atoms with Crippen molar-refractivity contribution < 1.29 is 4.42 Å². The van der Waals surface area contributed by atoms with Gasteiger partial charge < -0.3 is 9.73 Å². The molecule has 0 amide bonds. The van der Waals surface area contributed by atoms with E-state index in [0.29, 0.717) is 0 Å². The van der Waals surface area contributed by atoms with Crippen molar-refractivity contribution in [3.63, 3.8) is 0 Å². The molecule has 0 radical (unpaired) electrons. The molecular formula is C33H25NO. The van der Waals surface area contributed by atoms with Gasteiger partial charge in [-0.1, -0.05) is 98.8 Å². The first-order valence-electron chi connectivity index (χ1n) is 12.1. The molecule has 168 valence electrons. The van der Waals surface area contributed by atoms with Gasteiger partial charge in [0.15, 0.2) is 0 Å². The molecule has 1 aromatic heterocycles. The van der Waals surface area contributed by atoms with E-state index in [4.69, 9.17) is 4.42 Å². The zero-order valence-corrected chi connectivity index (χ0v) is 19.8. The Morgan fingerprint density at radius 2 is 1.34 bits per heavy atom. The number of para-hydroxylation sites is 1. The number of furan rings is 1. The van der Waals surface area contributed by atoms with Crippen LogP contribution in [-0.2, 0) is 5.41 Å². The zero-order chi connectivity index (χ0) is 23.6. The lowest BCUT2D eigenvalue weighted by atomic mass is 9.82. The van der Waals surface area contributed by atoms with E-state index < -0.39 is 0 Å². The van der Waals surface area contributed by atoms with Gasteiger partial charge in [0.2, 0.25) is 0 Å². The Morgan fingerprint density at radius 1 is 0.600 bits per heavy atom. The molecule has 0 bridgehead atoms. The van der Waals surface area contributed by atoms with Gasteiger partial charge in [-0.2, -0.15) is 0 Å². The second-order valence-electron chi connectivity index (χ2n) is 9.85. The molecule has 35 heavy (non-hydrogen) atoms.